The number of carbonyl (C=O) groups is 6. The Bertz CT molecular complexity index is 771. The van der Waals surface area contributed by atoms with E-state index in [4.69, 9.17) is 22.3 Å². The lowest BCUT2D eigenvalue weighted by molar-refractivity contribution is -0.141. The zero-order valence-electron chi connectivity index (χ0n) is 20.8. The van der Waals surface area contributed by atoms with E-state index in [0.717, 1.165) is 0 Å². The van der Waals surface area contributed by atoms with Crippen molar-refractivity contribution in [3.63, 3.8) is 0 Å². The fraction of sp³-hybridized carbons (Fsp3) is 0.714. The van der Waals surface area contributed by atoms with Crippen molar-refractivity contribution in [1.29, 1.82) is 0 Å². The van der Waals surface area contributed by atoms with E-state index in [1.165, 1.54) is 0 Å². The van der Waals surface area contributed by atoms with E-state index in [9.17, 15) is 28.8 Å². The minimum absolute atomic E-state index is 0.139. The molecule has 0 aromatic carbocycles. The number of hydrogen-bond acceptors (Lipinski definition) is 10. The number of carbonyl (C=O) groups excluding carboxylic acids is 5. The van der Waals surface area contributed by atoms with Gasteiger partial charge in [0.05, 0.1) is 19.6 Å². The van der Waals surface area contributed by atoms with Gasteiger partial charge in [-0.05, 0) is 51.6 Å². The number of rotatable bonds is 20. The van der Waals surface area contributed by atoms with Gasteiger partial charge in [0.15, 0.2) is 0 Å². The molecule has 0 aromatic rings. The molecule has 16 heteroatoms. The second-order valence-electron chi connectivity index (χ2n) is 8.09. The first-order valence-electron chi connectivity index (χ1n) is 12.0. The van der Waals surface area contributed by atoms with Crippen molar-refractivity contribution in [2.75, 3.05) is 38.5 Å². The SMILES string of the molecule is NCCCC[C@H](NC(=O)CNC(=O)CN)C(=O)N[C@@H](CCCCN)C(=O)NCC(=O)N[C@@H](CS)C(=O)O. The fourth-order valence-electron chi connectivity index (χ4n) is 3.01. The monoisotopic (exact) mass is 548 g/mol. The van der Waals surface area contributed by atoms with E-state index in [1.54, 1.807) is 0 Å². The van der Waals surface area contributed by atoms with Crippen LogP contribution in [0.15, 0.2) is 0 Å². The van der Waals surface area contributed by atoms with Gasteiger partial charge >= 0.3 is 5.97 Å². The smallest absolute Gasteiger partial charge is 0.327 e. The van der Waals surface area contributed by atoms with Crippen LogP contribution in [0, 0.1) is 0 Å². The lowest BCUT2D eigenvalue weighted by Gasteiger charge is -2.23. The molecule has 0 aromatic heterocycles. The van der Waals surface area contributed by atoms with Crippen LogP contribution < -0.4 is 43.8 Å². The van der Waals surface area contributed by atoms with Crippen molar-refractivity contribution in [3.8, 4) is 0 Å². The Labute approximate surface area is 221 Å². The minimum atomic E-state index is -1.27. The molecular weight excluding hydrogens is 508 g/mol. The van der Waals surface area contributed by atoms with Gasteiger partial charge in [0, 0.05) is 5.75 Å². The van der Waals surface area contributed by atoms with Crippen LogP contribution in [0.4, 0.5) is 0 Å². The largest absolute Gasteiger partial charge is 0.480 e. The van der Waals surface area contributed by atoms with E-state index in [2.05, 4.69) is 39.2 Å². The van der Waals surface area contributed by atoms with Gasteiger partial charge in [0.25, 0.3) is 0 Å². The molecule has 0 aliphatic rings. The summed E-state index contributed by atoms with van der Waals surface area (Å²) < 4.78 is 0. The van der Waals surface area contributed by atoms with Crippen molar-refractivity contribution in [2.24, 2.45) is 17.2 Å². The third kappa shape index (κ3) is 15.7. The highest BCUT2D eigenvalue weighted by Gasteiger charge is 2.27. The molecule has 0 saturated heterocycles. The van der Waals surface area contributed by atoms with E-state index < -0.39 is 60.2 Å². The molecule has 0 saturated carbocycles. The maximum atomic E-state index is 13.0. The van der Waals surface area contributed by atoms with E-state index >= 15 is 0 Å². The van der Waals surface area contributed by atoms with Gasteiger partial charge < -0.3 is 48.9 Å². The van der Waals surface area contributed by atoms with Crippen LogP contribution in [0.2, 0.25) is 0 Å². The van der Waals surface area contributed by atoms with Gasteiger partial charge in [-0.25, -0.2) is 4.79 Å². The average molecular weight is 549 g/mol. The third-order valence-electron chi connectivity index (χ3n) is 5.05. The summed E-state index contributed by atoms with van der Waals surface area (Å²) in [6, 6.07) is -3.27. The molecule has 0 spiro atoms. The summed E-state index contributed by atoms with van der Waals surface area (Å²) in [6.45, 7) is -0.432. The Morgan fingerprint density at radius 1 is 0.649 bits per heavy atom. The van der Waals surface area contributed by atoms with Crippen LogP contribution in [0.3, 0.4) is 0 Å². The van der Waals surface area contributed by atoms with Gasteiger partial charge in [0.2, 0.25) is 29.5 Å². The number of unbranched alkanes of at least 4 members (excludes halogenated alkanes) is 2. The minimum Gasteiger partial charge on any atom is -0.480 e. The van der Waals surface area contributed by atoms with Gasteiger partial charge in [-0.2, -0.15) is 12.6 Å². The third-order valence-corrected chi connectivity index (χ3v) is 5.41. The molecule has 5 amide bonds. The molecule has 0 unspecified atom stereocenters. The van der Waals surface area contributed by atoms with E-state index in [1.807, 2.05) is 0 Å². The molecule has 12 N–H and O–H groups in total. The summed E-state index contributed by atoms with van der Waals surface area (Å²) in [6.07, 6.45) is 2.64. The molecule has 0 heterocycles. The Balaban J connectivity index is 5.26. The fourth-order valence-corrected chi connectivity index (χ4v) is 3.26. The maximum absolute atomic E-state index is 13.0. The summed E-state index contributed by atoms with van der Waals surface area (Å²) in [5, 5.41) is 21.0. The van der Waals surface area contributed by atoms with Crippen LogP contribution in [0.5, 0.6) is 0 Å². The Morgan fingerprint density at radius 2 is 1.14 bits per heavy atom. The molecule has 37 heavy (non-hydrogen) atoms. The van der Waals surface area contributed by atoms with Crippen molar-refractivity contribution in [1.82, 2.24) is 26.6 Å². The molecular formula is C21H40N8O7S. The molecule has 0 rings (SSSR count). The summed E-state index contributed by atoms with van der Waals surface area (Å²) in [5.74, 6) is -4.61. The summed E-state index contributed by atoms with van der Waals surface area (Å²) >= 11 is 3.85. The van der Waals surface area contributed by atoms with Crippen LogP contribution in [-0.4, -0.2) is 97.2 Å². The average Bonchev–Trinajstić information content (AvgIpc) is 2.87. The second-order valence-corrected chi connectivity index (χ2v) is 8.45. The van der Waals surface area contributed by atoms with Gasteiger partial charge in [0.1, 0.15) is 18.1 Å². The number of nitrogens with one attached hydrogen (secondary N) is 5. The normalized spacial score (nSPS) is 13.0. The Morgan fingerprint density at radius 3 is 1.59 bits per heavy atom. The number of carboxylic acids is 1. The summed E-state index contributed by atoms with van der Waals surface area (Å²) in [4.78, 5) is 72.3. The standard InChI is InChI=1S/C21H40N8O7S/c22-7-3-1-5-13(19(33)26-11-18(32)28-15(12-37)21(35)36)29-20(34)14(6-2-4-8-23)27-17(31)10-25-16(30)9-24/h13-15,37H,1-12,22-24H2,(H,25,30)(H,26,33)(H,27,31)(H,28,32)(H,29,34)(H,35,36)/t13-,14-,15-/m0/s1. The van der Waals surface area contributed by atoms with Crippen LogP contribution in [0.1, 0.15) is 38.5 Å². The molecule has 0 bridgehead atoms. The molecule has 15 nitrogen and oxygen atoms in total. The first kappa shape index (κ1) is 34.0. The molecule has 0 fully saturated rings. The topological polar surface area (TPSA) is 261 Å². The Hall–Kier alpha value is -2.95. The molecule has 0 aliphatic heterocycles. The highest BCUT2D eigenvalue weighted by molar-refractivity contribution is 7.80. The van der Waals surface area contributed by atoms with Crippen LogP contribution >= 0.6 is 12.6 Å². The highest BCUT2D eigenvalue weighted by atomic mass is 32.1. The zero-order valence-corrected chi connectivity index (χ0v) is 21.7. The predicted octanol–water partition coefficient (Wildman–Crippen LogP) is -4.10. The first-order valence-corrected chi connectivity index (χ1v) is 12.6. The first-order chi connectivity index (χ1) is 17.6. The lowest BCUT2D eigenvalue weighted by Crippen LogP contribution is -2.55. The summed E-state index contributed by atoms with van der Waals surface area (Å²) in [7, 11) is 0. The van der Waals surface area contributed by atoms with Crippen molar-refractivity contribution >= 4 is 48.1 Å². The number of thiol groups is 1. The highest BCUT2D eigenvalue weighted by Crippen LogP contribution is 2.05. The number of amides is 5. The van der Waals surface area contributed by atoms with Gasteiger partial charge in [-0.3, -0.25) is 24.0 Å². The van der Waals surface area contributed by atoms with Gasteiger partial charge in [-0.15, -0.1) is 0 Å². The predicted molar refractivity (Wildman–Crippen MR) is 138 cm³/mol. The molecule has 0 radical (unpaired) electrons. The number of nitrogens with two attached hydrogens (primary N) is 3. The summed E-state index contributed by atoms with van der Waals surface area (Å²) in [5.41, 5.74) is 16.2. The van der Waals surface area contributed by atoms with Crippen LogP contribution in [0.25, 0.3) is 0 Å². The zero-order chi connectivity index (χ0) is 28.2. The molecule has 3 atom stereocenters. The Kier molecular flexibility index (Phi) is 18.5. The van der Waals surface area contributed by atoms with Crippen molar-refractivity contribution in [2.45, 2.75) is 56.7 Å². The molecule has 212 valence electrons. The number of carboxylic acid groups (broad SMARTS) is 1. The van der Waals surface area contributed by atoms with Crippen molar-refractivity contribution in [3.05, 3.63) is 0 Å². The number of hydrogen-bond donors (Lipinski definition) is 10. The quantitative estimate of drug-likeness (QED) is 0.0519. The lowest BCUT2D eigenvalue weighted by atomic mass is 10.1. The maximum Gasteiger partial charge on any atom is 0.327 e. The number of aliphatic carboxylic acids is 1. The van der Waals surface area contributed by atoms with Crippen molar-refractivity contribution < 1.29 is 33.9 Å². The molecule has 0 aliphatic carbocycles. The van der Waals surface area contributed by atoms with Gasteiger partial charge in [-0.1, -0.05) is 0 Å². The van der Waals surface area contributed by atoms with E-state index in [-0.39, 0.29) is 31.7 Å². The second kappa shape index (κ2) is 20.1. The van der Waals surface area contributed by atoms with E-state index in [0.29, 0.717) is 38.8 Å². The van der Waals surface area contributed by atoms with Crippen LogP contribution in [-0.2, 0) is 28.8 Å².